The van der Waals surface area contributed by atoms with Crippen LogP contribution in [0.3, 0.4) is 0 Å². The molecule has 1 aromatic rings. The monoisotopic (exact) mass is 318 g/mol. The molecule has 0 aliphatic heterocycles. The number of carbonyl (C=O) groups excluding carboxylic acids is 1. The highest BCUT2D eigenvalue weighted by Gasteiger charge is 2.25. The highest BCUT2D eigenvalue weighted by atomic mass is 79.9. The van der Waals surface area contributed by atoms with E-state index in [0.717, 1.165) is 23.2 Å². The van der Waals surface area contributed by atoms with E-state index >= 15 is 0 Å². The van der Waals surface area contributed by atoms with E-state index in [2.05, 4.69) is 40.1 Å². The van der Waals surface area contributed by atoms with E-state index in [1.807, 2.05) is 6.92 Å². The van der Waals surface area contributed by atoms with Gasteiger partial charge >= 0.3 is 0 Å². The van der Waals surface area contributed by atoms with Crippen molar-refractivity contribution in [3.63, 3.8) is 0 Å². The first-order valence-corrected chi connectivity index (χ1v) is 7.77. The van der Waals surface area contributed by atoms with E-state index in [0.29, 0.717) is 11.4 Å². The summed E-state index contributed by atoms with van der Waals surface area (Å²) in [6.07, 6.45) is 3.75. The molecule has 1 heterocycles. The van der Waals surface area contributed by atoms with Crippen molar-refractivity contribution in [3.8, 4) is 0 Å². The SMILES string of the molecule is CCC(CC)(CBr)CNC(=O)c1cnc(C)s1. The smallest absolute Gasteiger partial charge is 0.263 e. The average molecular weight is 319 g/mol. The van der Waals surface area contributed by atoms with Gasteiger partial charge in [0.25, 0.3) is 5.91 Å². The van der Waals surface area contributed by atoms with E-state index in [4.69, 9.17) is 0 Å². The molecule has 3 nitrogen and oxygen atoms in total. The Morgan fingerprint density at radius 1 is 1.53 bits per heavy atom. The van der Waals surface area contributed by atoms with Gasteiger partial charge in [-0.3, -0.25) is 4.79 Å². The molecule has 0 aliphatic rings. The Morgan fingerprint density at radius 2 is 2.18 bits per heavy atom. The number of aryl methyl sites for hydroxylation is 1. The fraction of sp³-hybridized carbons (Fsp3) is 0.667. The van der Waals surface area contributed by atoms with Crippen LogP contribution in [0.5, 0.6) is 0 Å². The van der Waals surface area contributed by atoms with Crippen molar-refractivity contribution in [1.82, 2.24) is 10.3 Å². The van der Waals surface area contributed by atoms with Crippen molar-refractivity contribution >= 4 is 33.2 Å². The van der Waals surface area contributed by atoms with Crippen LogP contribution in [0, 0.1) is 12.3 Å². The molecule has 96 valence electrons. The molecular formula is C12H19BrN2OS. The minimum absolute atomic E-state index is 0.0113. The molecular weight excluding hydrogens is 300 g/mol. The summed E-state index contributed by atoms with van der Waals surface area (Å²) in [7, 11) is 0. The van der Waals surface area contributed by atoms with Crippen LogP contribution in [0.4, 0.5) is 0 Å². The highest BCUT2D eigenvalue weighted by molar-refractivity contribution is 9.09. The van der Waals surface area contributed by atoms with E-state index < -0.39 is 0 Å². The molecule has 5 heteroatoms. The van der Waals surface area contributed by atoms with E-state index in [1.165, 1.54) is 11.3 Å². The Bertz CT molecular complexity index is 366. The number of hydrogen-bond acceptors (Lipinski definition) is 3. The molecule has 1 rings (SSSR count). The Kier molecular flexibility index (Phi) is 5.59. The second-order valence-electron chi connectivity index (χ2n) is 4.27. The fourth-order valence-electron chi connectivity index (χ4n) is 1.56. The molecule has 0 spiro atoms. The summed E-state index contributed by atoms with van der Waals surface area (Å²) in [5, 5.41) is 4.84. The largest absolute Gasteiger partial charge is 0.351 e. The molecule has 0 aliphatic carbocycles. The zero-order valence-electron chi connectivity index (χ0n) is 10.5. The van der Waals surface area contributed by atoms with Crippen molar-refractivity contribution in [2.75, 3.05) is 11.9 Å². The lowest BCUT2D eigenvalue weighted by Crippen LogP contribution is -2.37. The summed E-state index contributed by atoms with van der Waals surface area (Å²) in [5.74, 6) is -0.0113. The number of aromatic nitrogens is 1. The van der Waals surface area contributed by atoms with Gasteiger partial charge < -0.3 is 5.32 Å². The maximum absolute atomic E-state index is 11.9. The van der Waals surface area contributed by atoms with Crippen molar-refractivity contribution < 1.29 is 4.79 Å². The number of hydrogen-bond donors (Lipinski definition) is 1. The Balaban J connectivity index is 2.58. The van der Waals surface area contributed by atoms with E-state index in [1.54, 1.807) is 6.20 Å². The average Bonchev–Trinajstić information content (AvgIpc) is 2.78. The topological polar surface area (TPSA) is 42.0 Å². The second-order valence-corrected chi connectivity index (χ2v) is 6.06. The van der Waals surface area contributed by atoms with E-state index in [9.17, 15) is 4.79 Å². The van der Waals surface area contributed by atoms with Crippen LogP contribution < -0.4 is 5.32 Å². The van der Waals surface area contributed by atoms with Crippen LogP contribution in [0.2, 0.25) is 0 Å². The minimum Gasteiger partial charge on any atom is -0.351 e. The first-order valence-electron chi connectivity index (χ1n) is 5.83. The van der Waals surface area contributed by atoms with Gasteiger partial charge in [0.05, 0.1) is 11.2 Å². The van der Waals surface area contributed by atoms with Gasteiger partial charge in [0.2, 0.25) is 0 Å². The minimum atomic E-state index is -0.0113. The van der Waals surface area contributed by atoms with Crippen LogP contribution in [-0.2, 0) is 0 Å². The zero-order chi connectivity index (χ0) is 12.9. The molecule has 1 amide bonds. The second kappa shape index (κ2) is 6.50. The summed E-state index contributed by atoms with van der Waals surface area (Å²) in [6.45, 7) is 6.94. The van der Waals surface area contributed by atoms with Gasteiger partial charge in [0.15, 0.2) is 0 Å². The Hall–Kier alpha value is -0.420. The van der Waals surface area contributed by atoms with Gasteiger partial charge in [-0.1, -0.05) is 29.8 Å². The number of alkyl halides is 1. The normalized spacial score (nSPS) is 11.5. The number of amides is 1. The van der Waals surface area contributed by atoms with Crippen LogP contribution in [0.15, 0.2) is 6.20 Å². The summed E-state index contributed by atoms with van der Waals surface area (Å²) in [6, 6.07) is 0. The fourth-order valence-corrected chi connectivity index (χ4v) is 3.24. The van der Waals surface area contributed by atoms with Crippen molar-refractivity contribution in [3.05, 3.63) is 16.1 Å². The number of carbonyl (C=O) groups is 1. The first kappa shape index (κ1) is 14.6. The predicted octanol–water partition coefficient (Wildman–Crippen LogP) is 3.38. The van der Waals surface area contributed by atoms with Crippen LogP contribution in [-0.4, -0.2) is 22.8 Å². The zero-order valence-corrected chi connectivity index (χ0v) is 12.9. The van der Waals surface area contributed by atoms with Crippen LogP contribution in [0.25, 0.3) is 0 Å². The van der Waals surface area contributed by atoms with Gasteiger partial charge in [-0.15, -0.1) is 11.3 Å². The predicted molar refractivity (Wildman–Crippen MR) is 76.0 cm³/mol. The summed E-state index contributed by atoms with van der Waals surface area (Å²) in [4.78, 5) is 16.7. The molecule has 0 radical (unpaired) electrons. The van der Waals surface area contributed by atoms with Crippen LogP contribution >= 0.6 is 27.3 Å². The third-order valence-corrected chi connectivity index (χ3v) is 5.35. The maximum Gasteiger partial charge on any atom is 0.263 e. The van der Waals surface area contributed by atoms with Crippen molar-refractivity contribution in [1.29, 1.82) is 0 Å². The number of nitrogens with one attached hydrogen (secondary N) is 1. The Labute approximate surface area is 115 Å². The number of thiazole rings is 1. The Morgan fingerprint density at radius 3 is 2.59 bits per heavy atom. The number of nitrogens with zero attached hydrogens (tertiary/aromatic N) is 1. The number of rotatable bonds is 6. The molecule has 1 aromatic heterocycles. The summed E-state index contributed by atoms with van der Waals surface area (Å²) >= 11 is 4.98. The van der Waals surface area contributed by atoms with Gasteiger partial charge in [0, 0.05) is 11.9 Å². The molecule has 1 N–H and O–H groups in total. The maximum atomic E-state index is 11.9. The van der Waals surface area contributed by atoms with Gasteiger partial charge in [0.1, 0.15) is 4.88 Å². The molecule has 0 saturated carbocycles. The lowest BCUT2D eigenvalue weighted by molar-refractivity contribution is 0.0936. The molecule has 0 bridgehead atoms. The summed E-state index contributed by atoms with van der Waals surface area (Å²) in [5.41, 5.74) is 0.162. The van der Waals surface area contributed by atoms with Crippen molar-refractivity contribution in [2.45, 2.75) is 33.6 Å². The third kappa shape index (κ3) is 3.78. The van der Waals surface area contributed by atoms with Crippen LogP contribution in [0.1, 0.15) is 41.4 Å². The van der Waals surface area contributed by atoms with E-state index in [-0.39, 0.29) is 11.3 Å². The molecule has 0 unspecified atom stereocenters. The lowest BCUT2D eigenvalue weighted by Gasteiger charge is -2.29. The molecule has 0 atom stereocenters. The van der Waals surface area contributed by atoms with Gasteiger partial charge in [-0.25, -0.2) is 4.98 Å². The lowest BCUT2D eigenvalue weighted by atomic mass is 9.84. The quantitative estimate of drug-likeness (QED) is 0.817. The van der Waals surface area contributed by atoms with Gasteiger partial charge in [-0.2, -0.15) is 0 Å². The first-order chi connectivity index (χ1) is 8.06. The van der Waals surface area contributed by atoms with Crippen molar-refractivity contribution in [2.24, 2.45) is 5.41 Å². The highest BCUT2D eigenvalue weighted by Crippen LogP contribution is 2.27. The molecule has 0 saturated heterocycles. The molecule has 0 aromatic carbocycles. The number of halogens is 1. The van der Waals surface area contributed by atoms with Gasteiger partial charge in [-0.05, 0) is 25.2 Å². The third-order valence-electron chi connectivity index (χ3n) is 3.25. The summed E-state index contributed by atoms with van der Waals surface area (Å²) < 4.78 is 0. The molecule has 17 heavy (non-hydrogen) atoms. The standard InChI is InChI=1S/C12H19BrN2OS/c1-4-12(5-2,7-13)8-15-11(16)10-6-14-9(3)17-10/h6H,4-5,7-8H2,1-3H3,(H,15,16). The molecule has 0 fully saturated rings.